The van der Waals surface area contributed by atoms with Gasteiger partial charge < -0.3 is 19.5 Å². The van der Waals surface area contributed by atoms with Gasteiger partial charge in [0, 0.05) is 42.4 Å². The number of ether oxygens (including phenoxy) is 3. The molecule has 3 aromatic rings. The molecule has 5 rings (SSSR count). The number of hydrogen-bond acceptors (Lipinski definition) is 7. The molecule has 0 spiro atoms. The van der Waals surface area contributed by atoms with Gasteiger partial charge in [0.05, 0.1) is 12.5 Å². The van der Waals surface area contributed by atoms with Crippen LogP contribution in [-0.4, -0.2) is 59.5 Å². The van der Waals surface area contributed by atoms with Crippen molar-refractivity contribution in [2.24, 2.45) is 0 Å². The minimum atomic E-state index is 0.325. The summed E-state index contributed by atoms with van der Waals surface area (Å²) < 4.78 is 17.1. The summed E-state index contributed by atoms with van der Waals surface area (Å²) in [6, 6.07) is 8.62. The minimum Gasteiger partial charge on any atom is -0.496 e. The number of H-pyrrole nitrogens is 1. The van der Waals surface area contributed by atoms with Crippen LogP contribution in [0, 0.1) is 0 Å². The summed E-state index contributed by atoms with van der Waals surface area (Å²) in [7, 11) is 1.71. The Morgan fingerprint density at radius 3 is 2.81 bits per heavy atom. The van der Waals surface area contributed by atoms with Gasteiger partial charge in [0.1, 0.15) is 19.0 Å². The van der Waals surface area contributed by atoms with Gasteiger partial charge in [-0.05, 0) is 51.4 Å². The van der Waals surface area contributed by atoms with Gasteiger partial charge in [0.15, 0.2) is 23.0 Å². The van der Waals surface area contributed by atoms with Gasteiger partial charge in [-0.15, -0.1) is 0 Å². The first-order chi connectivity index (χ1) is 15.6. The summed E-state index contributed by atoms with van der Waals surface area (Å²) >= 11 is 0. The lowest BCUT2D eigenvalue weighted by Crippen LogP contribution is -2.34. The summed E-state index contributed by atoms with van der Waals surface area (Å²) in [6.45, 7) is 8.20. The van der Waals surface area contributed by atoms with Gasteiger partial charge in [0.2, 0.25) is 0 Å². The van der Waals surface area contributed by atoms with Crippen molar-refractivity contribution in [3.05, 3.63) is 35.5 Å². The average molecular weight is 438 g/mol. The maximum Gasteiger partial charge on any atom is 0.165 e. The molecule has 2 aromatic heterocycles. The van der Waals surface area contributed by atoms with Crippen molar-refractivity contribution in [3.63, 3.8) is 0 Å². The number of nitrogens with one attached hydrogen (secondary N) is 2. The van der Waals surface area contributed by atoms with Gasteiger partial charge in [-0.2, -0.15) is 5.10 Å². The molecule has 0 amide bonds. The first-order valence-corrected chi connectivity index (χ1v) is 11.4. The van der Waals surface area contributed by atoms with Crippen molar-refractivity contribution in [2.75, 3.05) is 38.7 Å². The molecule has 0 aliphatic carbocycles. The zero-order valence-electron chi connectivity index (χ0n) is 19.0. The van der Waals surface area contributed by atoms with Crippen molar-refractivity contribution in [1.82, 2.24) is 20.1 Å². The van der Waals surface area contributed by atoms with Crippen molar-refractivity contribution in [1.29, 1.82) is 0 Å². The van der Waals surface area contributed by atoms with E-state index in [-0.39, 0.29) is 0 Å². The lowest BCUT2D eigenvalue weighted by Gasteiger charge is -2.33. The molecule has 0 unspecified atom stereocenters. The molecule has 1 aromatic carbocycles. The van der Waals surface area contributed by atoms with Crippen LogP contribution >= 0.6 is 0 Å². The number of methoxy groups -OCH3 is 1. The highest BCUT2D eigenvalue weighted by molar-refractivity contribution is 5.87. The zero-order chi connectivity index (χ0) is 22.1. The van der Waals surface area contributed by atoms with Crippen molar-refractivity contribution in [3.8, 4) is 17.2 Å². The fraction of sp³-hybridized carbons (Fsp3) is 0.500. The normalized spacial score (nSPS) is 18.8. The van der Waals surface area contributed by atoms with E-state index in [1.165, 1.54) is 0 Å². The Balaban J connectivity index is 1.33. The second-order valence-corrected chi connectivity index (χ2v) is 8.89. The van der Waals surface area contributed by atoms with Crippen LogP contribution in [0.25, 0.3) is 11.0 Å². The number of piperidine rings is 1. The standard InChI is InChI=1S/C24H31N5O3/c1-15(2)25-23-18-6-7-19(26-24(18)28-27-23)16-5-4-8-29(13-16)14-17-11-21-22(12-20(17)30-3)32-10-9-31-21/h6-7,11-12,15-16H,4-5,8-10,13-14H2,1-3H3,(H2,25,26,27,28)/t16-/m1/s1. The molecule has 1 atom stereocenters. The maximum atomic E-state index is 5.79. The average Bonchev–Trinajstić information content (AvgIpc) is 3.20. The molecule has 2 N–H and O–H groups in total. The number of hydrogen-bond donors (Lipinski definition) is 2. The number of aromatic amines is 1. The van der Waals surface area contributed by atoms with E-state index in [2.05, 4.69) is 52.5 Å². The van der Waals surface area contributed by atoms with Gasteiger partial charge in [0.25, 0.3) is 0 Å². The Morgan fingerprint density at radius 2 is 2.03 bits per heavy atom. The molecule has 0 radical (unpaired) electrons. The van der Waals surface area contributed by atoms with Gasteiger partial charge in [-0.25, -0.2) is 4.98 Å². The number of likely N-dealkylation sites (tertiary alicyclic amines) is 1. The number of pyridine rings is 1. The summed E-state index contributed by atoms with van der Waals surface area (Å²) in [5.74, 6) is 3.67. The predicted molar refractivity (Wildman–Crippen MR) is 124 cm³/mol. The molecule has 8 heteroatoms. The van der Waals surface area contributed by atoms with Crippen LogP contribution in [0.2, 0.25) is 0 Å². The van der Waals surface area contributed by atoms with E-state index in [0.29, 0.717) is 25.2 Å². The fourth-order valence-corrected chi connectivity index (χ4v) is 4.64. The topological polar surface area (TPSA) is 84.5 Å². The second kappa shape index (κ2) is 8.86. The summed E-state index contributed by atoms with van der Waals surface area (Å²) in [5, 5.41) is 11.9. The highest BCUT2D eigenvalue weighted by Crippen LogP contribution is 2.38. The highest BCUT2D eigenvalue weighted by Gasteiger charge is 2.25. The number of anilines is 1. The summed E-state index contributed by atoms with van der Waals surface area (Å²) in [5.41, 5.74) is 3.09. The molecular formula is C24H31N5O3. The van der Waals surface area contributed by atoms with Crippen LogP contribution in [0.5, 0.6) is 17.2 Å². The lowest BCUT2D eigenvalue weighted by molar-refractivity contribution is 0.168. The van der Waals surface area contributed by atoms with Crippen molar-refractivity contribution < 1.29 is 14.2 Å². The molecule has 0 saturated carbocycles. The summed E-state index contributed by atoms with van der Waals surface area (Å²) in [6.07, 6.45) is 2.28. The van der Waals surface area contributed by atoms with E-state index in [1.807, 2.05) is 6.07 Å². The van der Waals surface area contributed by atoms with Crippen molar-refractivity contribution in [2.45, 2.75) is 45.2 Å². The number of rotatable bonds is 6. The monoisotopic (exact) mass is 437 g/mol. The number of benzene rings is 1. The minimum absolute atomic E-state index is 0.325. The van der Waals surface area contributed by atoms with E-state index in [9.17, 15) is 0 Å². The van der Waals surface area contributed by atoms with E-state index in [1.54, 1.807) is 7.11 Å². The molecule has 0 bridgehead atoms. The summed E-state index contributed by atoms with van der Waals surface area (Å²) in [4.78, 5) is 7.39. The molecule has 8 nitrogen and oxygen atoms in total. The van der Waals surface area contributed by atoms with E-state index >= 15 is 0 Å². The predicted octanol–water partition coefficient (Wildman–Crippen LogP) is 3.94. The molecule has 1 saturated heterocycles. The third-order valence-corrected chi connectivity index (χ3v) is 6.13. The maximum absolute atomic E-state index is 5.79. The van der Waals surface area contributed by atoms with E-state index < -0.39 is 0 Å². The Bertz CT molecular complexity index is 1100. The largest absolute Gasteiger partial charge is 0.496 e. The highest BCUT2D eigenvalue weighted by atomic mass is 16.6. The second-order valence-electron chi connectivity index (χ2n) is 8.89. The number of nitrogens with zero attached hydrogens (tertiary/aromatic N) is 3. The smallest absolute Gasteiger partial charge is 0.165 e. The first-order valence-electron chi connectivity index (χ1n) is 11.4. The van der Waals surface area contributed by atoms with E-state index in [4.69, 9.17) is 19.2 Å². The SMILES string of the molecule is COc1cc2c(cc1CN1CCC[C@@H](c3ccc4c(NC(C)C)n[nH]c4n3)C1)OCCO2. The van der Waals surface area contributed by atoms with Crippen LogP contribution in [0.15, 0.2) is 24.3 Å². The molecule has 170 valence electrons. The van der Waals surface area contributed by atoms with Crippen molar-refractivity contribution >= 4 is 16.9 Å². The Kier molecular flexibility index (Phi) is 5.78. The molecule has 1 fully saturated rings. The van der Waals surface area contributed by atoms with Gasteiger partial charge in [-0.1, -0.05) is 0 Å². The molecule has 4 heterocycles. The molecule has 32 heavy (non-hydrogen) atoms. The van der Waals surface area contributed by atoms with Crippen LogP contribution in [0.1, 0.15) is 43.9 Å². The molecule has 2 aliphatic rings. The van der Waals surface area contributed by atoms with Gasteiger partial charge in [-0.3, -0.25) is 10.00 Å². The molecule has 2 aliphatic heterocycles. The zero-order valence-corrected chi connectivity index (χ0v) is 19.0. The third kappa shape index (κ3) is 4.19. The van der Waals surface area contributed by atoms with Crippen LogP contribution in [0.3, 0.4) is 0 Å². The van der Waals surface area contributed by atoms with Crippen LogP contribution in [-0.2, 0) is 6.54 Å². The molecular weight excluding hydrogens is 406 g/mol. The third-order valence-electron chi connectivity index (χ3n) is 6.13. The number of fused-ring (bicyclic) bond motifs is 2. The number of aromatic nitrogens is 3. The Morgan fingerprint density at radius 1 is 1.22 bits per heavy atom. The Labute approximate surface area is 188 Å². The first kappa shape index (κ1) is 20.9. The van der Waals surface area contributed by atoms with Gasteiger partial charge >= 0.3 is 0 Å². The quantitative estimate of drug-likeness (QED) is 0.604. The fourth-order valence-electron chi connectivity index (χ4n) is 4.64. The van der Waals surface area contributed by atoms with E-state index in [0.717, 1.165) is 77.8 Å². The van der Waals surface area contributed by atoms with Crippen LogP contribution in [0.4, 0.5) is 5.82 Å². The Hall–Kier alpha value is -3.00. The lowest BCUT2D eigenvalue weighted by atomic mass is 9.93. The van der Waals surface area contributed by atoms with Crippen LogP contribution < -0.4 is 19.5 Å².